The number of aliphatic hydroxyl groups is 1. The van der Waals surface area contributed by atoms with Crippen molar-refractivity contribution in [3.63, 3.8) is 0 Å². The van der Waals surface area contributed by atoms with Crippen LogP contribution in [0.5, 0.6) is 5.75 Å². The number of hydrogen-bond donors (Lipinski definition) is 2. The van der Waals surface area contributed by atoms with Gasteiger partial charge in [0.15, 0.2) is 11.6 Å². The maximum absolute atomic E-state index is 9.57. The van der Waals surface area contributed by atoms with Crippen molar-refractivity contribution < 1.29 is 9.84 Å². The van der Waals surface area contributed by atoms with Crippen molar-refractivity contribution in [3.05, 3.63) is 47.9 Å². The Labute approximate surface area is 150 Å². The number of aryl methyl sites for hydroxylation is 2. The molecule has 1 aromatic heterocycles. The van der Waals surface area contributed by atoms with E-state index in [1.807, 2.05) is 13.0 Å². The Morgan fingerprint density at radius 1 is 1.20 bits per heavy atom. The molecule has 0 saturated carbocycles. The quantitative estimate of drug-likeness (QED) is 0.608. The predicted molar refractivity (Wildman–Crippen MR) is 101 cm³/mol. The molecule has 0 amide bonds. The Morgan fingerprint density at radius 3 is 2.72 bits per heavy atom. The zero-order valence-electron chi connectivity index (χ0n) is 15.2. The first kappa shape index (κ1) is 19.2. The molecular weight excluding hydrogens is 314 g/mol. The number of benzene rings is 1. The first-order valence-corrected chi connectivity index (χ1v) is 9.10. The average molecular weight is 343 g/mol. The largest absolute Gasteiger partial charge is 0.488 e. The molecule has 0 aliphatic rings. The van der Waals surface area contributed by atoms with Gasteiger partial charge >= 0.3 is 0 Å². The van der Waals surface area contributed by atoms with Crippen molar-refractivity contribution >= 4 is 5.82 Å². The van der Waals surface area contributed by atoms with Crippen molar-refractivity contribution in [2.24, 2.45) is 0 Å². The third kappa shape index (κ3) is 6.70. The van der Waals surface area contributed by atoms with Crippen LogP contribution in [0.2, 0.25) is 0 Å². The normalized spacial score (nSPS) is 12.0. The van der Waals surface area contributed by atoms with E-state index in [9.17, 15) is 5.11 Å². The lowest BCUT2D eigenvalue weighted by Gasteiger charge is -2.19. The van der Waals surface area contributed by atoms with Crippen LogP contribution in [-0.2, 0) is 6.42 Å². The molecule has 0 saturated heterocycles. The smallest absolute Gasteiger partial charge is 0.179 e. The maximum Gasteiger partial charge on any atom is 0.179 e. The van der Waals surface area contributed by atoms with Crippen LogP contribution in [0, 0.1) is 6.92 Å². The van der Waals surface area contributed by atoms with Crippen molar-refractivity contribution in [1.29, 1.82) is 0 Å². The van der Waals surface area contributed by atoms with E-state index < -0.39 is 0 Å². The maximum atomic E-state index is 9.57. The van der Waals surface area contributed by atoms with Crippen molar-refractivity contribution in [1.82, 2.24) is 9.97 Å². The molecule has 5 nitrogen and oxygen atoms in total. The molecule has 0 radical (unpaired) electrons. The first-order valence-electron chi connectivity index (χ1n) is 9.10. The van der Waals surface area contributed by atoms with Crippen molar-refractivity contribution in [2.45, 2.75) is 52.0 Å². The summed E-state index contributed by atoms with van der Waals surface area (Å²) in [4.78, 5) is 8.68. The van der Waals surface area contributed by atoms with E-state index in [1.54, 1.807) is 6.20 Å². The second-order valence-electron chi connectivity index (χ2n) is 6.23. The van der Waals surface area contributed by atoms with Gasteiger partial charge < -0.3 is 15.2 Å². The molecule has 136 valence electrons. The summed E-state index contributed by atoms with van der Waals surface area (Å²) in [5, 5.41) is 12.9. The first-order chi connectivity index (χ1) is 12.2. The van der Waals surface area contributed by atoms with Gasteiger partial charge in [-0.3, -0.25) is 0 Å². The molecule has 0 bridgehead atoms. The second-order valence-corrected chi connectivity index (χ2v) is 6.23. The molecule has 0 fully saturated rings. The number of rotatable bonds is 11. The van der Waals surface area contributed by atoms with Crippen LogP contribution in [-0.4, -0.2) is 34.3 Å². The number of aromatic nitrogens is 2. The third-order valence-corrected chi connectivity index (χ3v) is 4.05. The Kier molecular flexibility index (Phi) is 8.19. The number of unbranched alkanes of at least 4 members (excludes halogenated alkanes) is 1. The van der Waals surface area contributed by atoms with Gasteiger partial charge in [0, 0.05) is 0 Å². The summed E-state index contributed by atoms with van der Waals surface area (Å²) in [6, 6.07) is 10.4. The summed E-state index contributed by atoms with van der Waals surface area (Å²) in [7, 11) is 0. The molecule has 0 spiro atoms. The zero-order valence-corrected chi connectivity index (χ0v) is 15.2. The highest BCUT2D eigenvalue weighted by atomic mass is 16.5. The zero-order chi connectivity index (χ0) is 17.9. The highest BCUT2D eigenvalue weighted by molar-refractivity contribution is 5.49. The summed E-state index contributed by atoms with van der Waals surface area (Å²) in [6.07, 6.45) is 6.69. The standard InChI is InChI=1S/C20H29N3O2/c1-3-4-12-18(15-24)23-20-19(14-21-16(2)22-20)25-13-8-11-17-9-6-5-7-10-17/h5-7,9-10,14,18,24H,3-4,8,11-13,15H2,1-2H3,(H,21,22,23). The van der Waals surface area contributed by atoms with Crippen molar-refractivity contribution in [3.8, 4) is 5.75 Å². The van der Waals surface area contributed by atoms with E-state index in [0.29, 0.717) is 24.0 Å². The molecule has 1 heterocycles. The molecule has 5 heteroatoms. The van der Waals surface area contributed by atoms with E-state index in [-0.39, 0.29) is 12.6 Å². The van der Waals surface area contributed by atoms with E-state index in [2.05, 4.69) is 46.5 Å². The van der Waals surface area contributed by atoms with Gasteiger partial charge in [-0.2, -0.15) is 0 Å². The van der Waals surface area contributed by atoms with Gasteiger partial charge in [0.05, 0.1) is 25.5 Å². The fourth-order valence-corrected chi connectivity index (χ4v) is 2.62. The van der Waals surface area contributed by atoms with Gasteiger partial charge in [0.2, 0.25) is 0 Å². The lowest BCUT2D eigenvalue weighted by Crippen LogP contribution is -2.25. The van der Waals surface area contributed by atoms with E-state index in [0.717, 1.165) is 32.1 Å². The molecule has 0 aliphatic carbocycles. The Balaban J connectivity index is 1.90. The summed E-state index contributed by atoms with van der Waals surface area (Å²) < 4.78 is 5.89. The van der Waals surface area contributed by atoms with Gasteiger partial charge in [-0.05, 0) is 31.7 Å². The molecule has 1 atom stereocenters. The van der Waals surface area contributed by atoms with Gasteiger partial charge in [-0.1, -0.05) is 50.1 Å². The molecule has 2 rings (SSSR count). The van der Waals surface area contributed by atoms with E-state index in [1.165, 1.54) is 5.56 Å². The van der Waals surface area contributed by atoms with Crippen molar-refractivity contribution in [2.75, 3.05) is 18.5 Å². The monoisotopic (exact) mass is 343 g/mol. The molecule has 1 aromatic carbocycles. The Hall–Kier alpha value is -2.14. The van der Waals surface area contributed by atoms with E-state index >= 15 is 0 Å². The van der Waals surface area contributed by atoms with E-state index in [4.69, 9.17) is 4.74 Å². The van der Waals surface area contributed by atoms with Gasteiger partial charge in [0.1, 0.15) is 5.82 Å². The van der Waals surface area contributed by atoms with Crippen LogP contribution in [0.3, 0.4) is 0 Å². The number of anilines is 1. The third-order valence-electron chi connectivity index (χ3n) is 4.05. The molecule has 2 N–H and O–H groups in total. The van der Waals surface area contributed by atoms with Crippen LogP contribution in [0.4, 0.5) is 5.82 Å². The van der Waals surface area contributed by atoms with Gasteiger partial charge in [-0.15, -0.1) is 0 Å². The number of aliphatic hydroxyl groups excluding tert-OH is 1. The van der Waals surface area contributed by atoms with Crippen LogP contribution < -0.4 is 10.1 Å². The van der Waals surface area contributed by atoms with Crippen LogP contribution >= 0.6 is 0 Å². The molecule has 0 aliphatic heterocycles. The lowest BCUT2D eigenvalue weighted by atomic mass is 10.1. The Morgan fingerprint density at radius 2 is 2.00 bits per heavy atom. The highest BCUT2D eigenvalue weighted by Gasteiger charge is 2.13. The number of nitrogens with zero attached hydrogens (tertiary/aromatic N) is 2. The number of nitrogens with one attached hydrogen (secondary N) is 1. The highest BCUT2D eigenvalue weighted by Crippen LogP contribution is 2.23. The van der Waals surface area contributed by atoms with Crippen LogP contribution in [0.15, 0.2) is 36.5 Å². The minimum atomic E-state index is -0.0130. The number of hydrogen-bond acceptors (Lipinski definition) is 5. The number of ether oxygens (including phenoxy) is 1. The SMILES string of the molecule is CCCCC(CO)Nc1nc(C)ncc1OCCCc1ccccc1. The van der Waals surface area contributed by atoms with Crippen LogP contribution in [0.25, 0.3) is 0 Å². The minimum absolute atomic E-state index is 0.0130. The summed E-state index contributed by atoms with van der Waals surface area (Å²) in [5.41, 5.74) is 1.31. The fourth-order valence-electron chi connectivity index (χ4n) is 2.62. The molecule has 1 unspecified atom stereocenters. The molecular formula is C20H29N3O2. The van der Waals surface area contributed by atoms with Gasteiger partial charge in [0.25, 0.3) is 0 Å². The second kappa shape index (κ2) is 10.7. The summed E-state index contributed by atoms with van der Waals surface area (Å²) in [5.74, 6) is 2.00. The van der Waals surface area contributed by atoms with Gasteiger partial charge in [-0.25, -0.2) is 9.97 Å². The summed E-state index contributed by atoms with van der Waals surface area (Å²) >= 11 is 0. The van der Waals surface area contributed by atoms with Crippen LogP contribution in [0.1, 0.15) is 44.0 Å². The Bertz CT molecular complexity index is 620. The molecule has 2 aromatic rings. The topological polar surface area (TPSA) is 67.3 Å². The molecule has 25 heavy (non-hydrogen) atoms. The predicted octanol–water partition coefficient (Wildman–Crippen LogP) is 3.76. The lowest BCUT2D eigenvalue weighted by molar-refractivity contribution is 0.265. The fraction of sp³-hybridized carbons (Fsp3) is 0.500. The summed E-state index contributed by atoms with van der Waals surface area (Å²) in [6.45, 7) is 4.68. The average Bonchev–Trinajstić information content (AvgIpc) is 2.64. The minimum Gasteiger partial charge on any atom is -0.488 e.